The maximum absolute atomic E-state index is 5.83. The number of hydrogen-bond donors (Lipinski definition) is 1. The second-order valence-corrected chi connectivity index (χ2v) is 6.86. The van der Waals surface area contributed by atoms with Crippen LogP contribution in [0.1, 0.15) is 44.3 Å². The van der Waals surface area contributed by atoms with Crippen LogP contribution in [-0.2, 0) is 13.1 Å². The molecular formula is C16H30N2OS. The van der Waals surface area contributed by atoms with Crippen molar-refractivity contribution in [1.29, 1.82) is 0 Å². The fourth-order valence-corrected chi connectivity index (χ4v) is 2.65. The van der Waals surface area contributed by atoms with Gasteiger partial charge < -0.3 is 9.73 Å². The SMILES string of the molecule is CSCCC(C)N(C)Cc1cc(CNC(C)C)oc1C. The van der Waals surface area contributed by atoms with Crippen molar-refractivity contribution in [3.8, 4) is 0 Å². The highest BCUT2D eigenvalue weighted by Crippen LogP contribution is 2.18. The van der Waals surface area contributed by atoms with Gasteiger partial charge in [-0.3, -0.25) is 4.90 Å². The Morgan fingerprint density at radius 1 is 1.35 bits per heavy atom. The van der Waals surface area contributed by atoms with E-state index >= 15 is 0 Å². The van der Waals surface area contributed by atoms with Gasteiger partial charge in [-0.05, 0) is 45.4 Å². The van der Waals surface area contributed by atoms with Gasteiger partial charge in [-0.1, -0.05) is 13.8 Å². The van der Waals surface area contributed by atoms with E-state index in [1.807, 2.05) is 11.8 Å². The summed E-state index contributed by atoms with van der Waals surface area (Å²) >= 11 is 1.92. The molecule has 0 spiro atoms. The number of nitrogens with zero attached hydrogens (tertiary/aromatic N) is 1. The van der Waals surface area contributed by atoms with Crippen LogP contribution in [0.5, 0.6) is 0 Å². The van der Waals surface area contributed by atoms with E-state index < -0.39 is 0 Å². The zero-order valence-electron chi connectivity index (χ0n) is 13.8. The van der Waals surface area contributed by atoms with E-state index in [4.69, 9.17) is 4.42 Å². The molecule has 3 nitrogen and oxygen atoms in total. The molecule has 116 valence electrons. The number of nitrogens with one attached hydrogen (secondary N) is 1. The molecule has 1 rings (SSSR count). The van der Waals surface area contributed by atoms with Crippen molar-refractivity contribution in [2.75, 3.05) is 19.1 Å². The van der Waals surface area contributed by atoms with E-state index in [9.17, 15) is 0 Å². The molecule has 1 atom stereocenters. The Morgan fingerprint density at radius 2 is 2.05 bits per heavy atom. The van der Waals surface area contributed by atoms with Crippen molar-refractivity contribution in [2.24, 2.45) is 0 Å². The summed E-state index contributed by atoms with van der Waals surface area (Å²) in [6.45, 7) is 10.4. The monoisotopic (exact) mass is 298 g/mol. The molecule has 0 aromatic carbocycles. The molecule has 0 aliphatic heterocycles. The molecule has 0 amide bonds. The zero-order valence-corrected chi connectivity index (χ0v) is 14.6. The van der Waals surface area contributed by atoms with Gasteiger partial charge in [0.25, 0.3) is 0 Å². The molecule has 1 unspecified atom stereocenters. The van der Waals surface area contributed by atoms with Gasteiger partial charge in [0.05, 0.1) is 6.54 Å². The summed E-state index contributed by atoms with van der Waals surface area (Å²) in [6.07, 6.45) is 3.40. The first-order valence-corrected chi connectivity index (χ1v) is 8.84. The first kappa shape index (κ1) is 17.6. The third-order valence-corrected chi connectivity index (χ3v) is 4.31. The van der Waals surface area contributed by atoms with Crippen LogP contribution in [0.15, 0.2) is 10.5 Å². The fraction of sp³-hybridized carbons (Fsp3) is 0.750. The third-order valence-electron chi connectivity index (χ3n) is 3.67. The minimum absolute atomic E-state index is 0.484. The molecule has 0 saturated heterocycles. The van der Waals surface area contributed by atoms with Gasteiger partial charge in [0.15, 0.2) is 0 Å². The maximum atomic E-state index is 5.83. The van der Waals surface area contributed by atoms with Gasteiger partial charge in [0.1, 0.15) is 11.5 Å². The van der Waals surface area contributed by atoms with Crippen molar-refractivity contribution in [3.63, 3.8) is 0 Å². The molecule has 4 heteroatoms. The average Bonchev–Trinajstić information content (AvgIpc) is 2.74. The van der Waals surface area contributed by atoms with Gasteiger partial charge in [0, 0.05) is 24.2 Å². The summed E-state index contributed by atoms with van der Waals surface area (Å²) in [7, 11) is 2.20. The van der Waals surface area contributed by atoms with Gasteiger partial charge >= 0.3 is 0 Å². The van der Waals surface area contributed by atoms with Crippen LogP contribution in [0.2, 0.25) is 0 Å². The highest BCUT2D eigenvalue weighted by Gasteiger charge is 2.13. The smallest absolute Gasteiger partial charge is 0.118 e. The number of aryl methyl sites for hydroxylation is 1. The molecule has 1 aromatic rings. The molecule has 1 heterocycles. The van der Waals surface area contributed by atoms with Crippen molar-refractivity contribution in [2.45, 2.75) is 59.3 Å². The summed E-state index contributed by atoms with van der Waals surface area (Å²) in [6, 6.07) is 3.29. The second kappa shape index (κ2) is 8.75. The van der Waals surface area contributed by atoms with Crippen LogP contribution in [0.3, 0.4) is 0 Å². The van der Waals surface area contributed by atoms with Crippen LogP contribution in [0.25, 0.3) is 0 Å². The lowest BCUT2D eigenvalue weighted by atomic mass is 10.2. The van der Waals surface area contributed by atoms with Gasteiger partial charge in [-0.2, -0.15) is 11.8 Å². The quantitative estimate of drug-likeness (QED) is 0.753. The molecule has 1 N–H and O–H groups in total. The summed E-state index contributed by atoms with van der Waals surface area (Å²) in [5, 5.41) is 3.40. The third kappa shape index (κ3) is 5.90. The molecule has 0 bridgehead atoms. The molecule has 0 saturated carbocycles. The molecule has 0 aliphatic rings. The molecular weight excluding hydrogens is 268 g/mol. The lowest BCUT2D eigenvalue weighted by Crippen LogP contribution is -2.29. The van der Waals surface area contributed by atoms with E-state index in [2.05, 4.69) is 57.3 Å². The molecule has 20 heavy (non-hydrogen) atoms. The maximum Gasteiger partial charge on any atom is 0.118 e. The Kier molecular flexibility index (Phi) is 7.70. The van der Waals surface area contributed by atoms with Crippen molar-refractivity contribution in [1.82, 2.24) is 10.2 Å². The standard InChI is InChI=1S/C16H30N2OS/c1-12(2)17-10-16-9-15(14(4)19-16)11-18(5)13(3)7-8-20-6/h9,12-13,17H,7-8,10-11H2,1-6H3. The minimum atomic E-state index is 0.484. The Labute approximate surface area is 128 Å². The Balaban J connectivity index is 2.54. The second-order valence-electron chi connectivity index (χ2n) is 5.88. The van der Waals surface area contributed by atoms with E-state index in [1.54, 1.807) is 0 Å². The first-order chi connectivity index (χ1) is 9.43. The van der Waals surface area contributed by atoms with Crippen LogP contribution < -0.4 is 5.32 Å². The normalized spacial score (nSPS) is 13.4. The number of thioether (sulfide) groups is 1. The summed E-state index contributed by atoms with van der Waals surface area (Å²) in [5.41, 5.74) is 1.31. The highest BCUT2D eigenvalue weighted by molar-refractivity contribution is 7.98. The average molecular weight is 298 g/mol. The van der Waals surface area contributed by atoms with Gasteiger partial charge in [-0.15, -0.1) is 0 Å². The largest absolute Gasteiger partial charge is 0.465 e. The number of hydrogen-bond acceptors (Lipinski definition) is 4. The lowest BCUT2D eigenvalue weighted by Gasteiger charge is -2.24. The first-order valence-electron chi connectivity index (χ1n) is 7.44. The molecule has 0 aliphatic carbocycles. The Hall–Kier alpha value is -0.450. The van der Waals surface area contributed by atoms with Gasteiger partial charge in [0.2, 0.25) is 0 Å². The van der Waals surface area contributed by atoms with Crippen molar-refractivity contribution in [3.05, 3.63) is 23.2 Å². The van der Waals surface area contributed by atoms with Crippen LogP contribution in [0, 0.1) is 6.92 Å². The van der Waals surface area contributed by atoms with E-state index in [1.165, 1.54) is 17.7 Å². The number of rotatable bonds is 9. The summed E-state index contributed by atoms with van der Waals surface area (Å²) < 4.78 is 5.83. The predicted molar refractivity (Wildman–Crippen MR) is 89.3 cm³/mol. The Bertz CT molecular complexity index is 390. The van der Waals surface area contributed by atoms with E-state index in [0.717, 1.165) is 24.6 Å². The zero-order chi connectivity index (χ0) is 15.1. The summed E-state index contributed by atoms with van der Waals surface area (Å²) in [5.74, 6) is 3.31. The number of furan rings is 1. The molecule has 0 fully saturated rings. The minimum Gasteiger partial charge on any atom is -0.465 e. The molecule has 0 radical (unpaired) electrons. The van der Waals surface area contributed by atoms with Crippen molar-refractivity contribution >= 4 is 11.8 Å². The topological polar surface area (TPSA) is 28.4 Å². The Morgan fingerprint density at radius 3 is 2.65 bits per heavy atom. The van der Waals surface area contributed by atoms with E-state index in [0.29, 0.717) is 12.1 Å². The predicted octanol–water partition coefficient (Wildman–Crippen LogP) is 3.66. The van der Waals surface area contributed by atoms with E-state index in [-0.39, 0.29) is 0 Å². The van der Waals surface area contributed by atoms with Crippen molar-refractivity contribution < 1.29 is 4.42 Å². The lowest BCUT2D eigenvalue weighted by molar-refractivity contribution is 0.243. The highest BCUT2D eigenvalue weighted by atomic mass is 32.2. The molecule has 1 aromatic heterocycles. The fourth-order valence-electron chi connectivity index (χ4n) is 2.07. The summed E-state index contributed by atoms with van der Waals surface area (Å²) in [4.78, 5) is 2.41. The van der Waals surface area contributed by atoms with Gasteiger partial charge in [-0.25, -0.2) is 0 Å². The van der Waals surface area contributed by atoms with Crippen LogP contribution >= 0.6 is 11.8 Å². The van der Waals surface area contributed by atoms with Crippen LogP contribution in [0.4, 0.5) is 0 Å². The van der Waals surface area contributed by atoms with Crippen LogP contribution in [-0.4, -0.2) is 36.0 Å².